The molecule has 4 aromatic carbocycles. The van der Waals surface area contributed by atoms with Gasteiger partial charge >= 0.3 is 43.8 Å². The molecule has 0 aliphatic carbocycles. The molecule has 240 valence electrons. The van der Waals surface area contributed by atoms with Gasteiger partial charge in [0.25, 0.3) is 5.91 Å². The van der Waals surface area contributed by atoms with E-state index in [2.05, 4.69) is 49.0 Å². The van der Waals surface area contributed by atoms with Crippen LogP contribution in [0.25, 0.3) is 5.32 Å². The van der Waals surface area contributed by atoms with E-state index in [-0.39, 0.29) is 43.6 Å². The van der Waals surface area contributed by atoms with Crippen molar-refractivity contribution in [3.05, 3.63) is 156 Å². The van der Waals surface area contributed by atoms with E-state index in [1.165, 1.54) is 19.3 Å². The Balaban J connectivity index is 0.000000380. The topological polar surface area (TPSA) is 118 Å². The number of hydrogen-bond donors (Lipinski definition) is 3. The van der Waals surface area contributed by atoms with E-state index in [9.17, 15) is 19.2 Å². The fraction of sp³-hybridized carbons (Fsp3) is 0.237. The Morgan fingerprint density at radius 1 is 0.542 bits per heavy atom. The van der Waals surface area contributed by atoms with Crippen LogP contribution in [0.2, 0.25) is 0 Å². The Morgan fingerprint density at radius 3 is 1.10 bits per heavy atom. The zero-order valence-corrected chi connectivity index (χ0v) is 28.7. The van der Waals surface area contributed by atoms with Crippen molar-refractivity contribution >= 4 is 23.9 Å². The third-order valence-electron chi connectivity index (χ3n) is 7.37. The van der Waals surface area contributed by atoms with Gasteiger partial charge in [-0.1, -0.05) is 161 Å². The van der Waals surface area contributed by atoms with Crippen LogP contribution in [0.15, 0.2) is 121 Å². The van der Waals surface area contributed by atoms with Crippen molar-refractivity contribution in [2.75, 3.05) is 0 Å². The first kappa shape index (κ1) is 42.0. The monoisotopic (exact) mass is 632 g/mol. The first-order valence-electron chi connectivity index (χ1n) is 15.5. The standard InChI is InChI=1S/2C15H12N2O2.C4H10.C4H9.2Li/c2*18-13-15(17-14(19)16-13,11-7-3-1-4-8-11)12-9-5-2-6-10-12;2*1-3-4-2;;/h2*1-10H,(H2,16,17,18,19);3-4H2,1-2H3;1,3-4H2,2H3;;/q;;;-1;2*+1/p-1. The number of unbranched alkanes of at least 4 members (excludes halogenated alkanes) is 2. The molecular formula is C38H42Li2N4O4. The maximum atomic E-state index is 12.3. The third-order valence-corrected chi connectivity index (χ3v) is 7.37. The predicted molar refractivity (Wildman–Crippen MR) is 182 cm³/mol. The van der Waals surface area contributed by atoms with E-state index in [0.29, 0.717) is 11.1 Å². The van der Waals surface area contributed by atoms with Crippen molar-refractivity contribution < 1.29 is 56.9 Å². The van der Waals surface area contributed by atoms with Gasteiger partial charge in [0.2, 0.25) is 0 Å². The molecule has 0 unspecified atom stereocenters. The molecule has 2 aliphatic heterocycles. The predicted octanol–water partition coefficient (Wildman–Crippen LogP) is 1.76. The van der Waals surface area contributed by atoms with E-state index < -0.39 is 29.0 Å². The van der Waals surface area contributed by atoms with Gasteiger partial charge < -0.3 is 22.9 Å². The molecule has 2 fully saturated rings. The summed E-state index contributed by atoms with van der Waals surface area (Å²) in [6.07, 6.45) is 4.92. The van der Waals surface area contributed by atoms with Gasteiger partial charge in [0, 0.05) is 0 Å². The summed E-state index contributed by atoms with van der Waals surface area (Å²) >= 11 is 0. The molecule has 0 bridgehead atoms. The second-order valence-electron chi connectivity index (χ2n) is 10.6. The van der Waals surface area contributed by atoms with Gasteiger partial charge in [-0.15, -0.1) is 0 Å². The Bertz CT molecular complexity index is 1360. The van der Waals surface area contributed by atoms with Crippen LogP contribution < -0.4 is 53.7 Å². The maximum absolute atomic E-state index is 12.3. The van der Waals surface area contributed by atoms with Crippen LogP contribution in [0.5, 0.6) is 0 Å². The molecule has 0 atom stereocenters. The summed E-state index contributed by atoms with van der Waals surface area (Å²) in [6, 6.07) is 35.7. The van der Waals surface area contributed by atoms with Crippen LogP contribution in [0.3, 0.4) is 0 Å². The van der Waals surface area contributed by atoms with Gasteiger partial charge in [0.1, 0.15) is 0 Å². The zero-order valence-electron chi connectivity index (χ0n) is 28.7. The normalized spacial score (nSPS) is 14.6. The number of amides is 6. The van der Waals surface area contributed by atoms with Gasteiger partial charge in [-0.05, 0) is 22.3 Å². The zero-order chi connectivity index (χ0) is 33.4. The first-order valence-corrected chi connectivity index (χ1v) is 15.5. The second kappa shape index (κ2) is 21.0. The van der Waals surface area contributed by atoms with Crippen molar-refractivity contribution in [2.24, 2.45) is 0 Å². The molecule has 2 saturated heterocycles. The summed E-state index contributed by atoms with van der Waals surface area (Å²) in [5.74, 6) is -0.829. The minimum Gasteiger partial charge on any atom is -0.430 e. The third kappa shape index (κ3) is 9.98. The fourth-order valence-corrected chi connectivity index (χ4v) is 4.76. The van der Waals surface area contributed by atoms with E-state index in [4.69, 9.17) is 0 Å². The van der Waals surface area contributed by atoms with E-state index >= 15 is 0 Å². The molecular weight excluding hydrogens is 590 g/mol. The number of benzene rings is 4. The first-order chi connectivity index (χ1) is 22.3. The van der Waals surface area contributed by atoms with Crippen LogP contribution in [0.1, 0.15) is 68.7 Å². The van der Waals surface area contributed by atoms with Crippen molar-refractivity contribution in [3.8, 4) is 0 Å². The van der Waals surface area contributed by atoms with Crippen molar-refractivity contribution in [1.29, 1.82) is 0 Å². The number of urea groups is 2. The number of rotatable bonds is 6. The number of carbonyl (C=O) groups is 4. The number of hydrogen-bond acceptors (Lipinski definition) is 4. The van der Waals surface area contributed by atoms with Crippen LogP contribution in [-0.4, -0.2) is 23.9 Å². The summed E-state index contributed by atoms with van der Waals surface area (Å²) in [7, 11) is 0. The number of imide groups is 2. The number of carbonyl (C=O) groups excluding carboxylic acids is 4. The van der Waals surface area contributed by atoms with E-state index in [0.717, 1.165) is 17.5 Å². The Labute approximate surface area is 308 Å². The second-order valence-corrected chi connectivity index (χ2v) is 10.6. The summed E-state index contributed by atoms with van der Waals surface area (Å²) in [5, 5.41) is 11.3. The molecule has 6 rings (SSSR count). The summed E-state index contributed by atoms with van der Waals surface area (Å²) in [5.41, 5.74) is 0.565. The van der Waals surface area contributed by atoms with E-state index in [1.807, 2.05) is 121 Å². The molecule has 0 spiro atoms. The van der Waals surface area contributed by atoms with Crippen molar-refractivity contribution in [2.45, 2.75) is 57.5 Å². The van der Waals surface area contributed by atoms with Crippen molar-refractivity contribution in [3.63, 3.8) is 0 Å². The number of nitrogens with one attached hydrogen (secondary N) is 3. The molecule has 0 saturated carbocycles. The molecule has 8 nitrogen and oxygen atoms in total. The average Bonchev–Trinajstić information content (AvgIpc) is 3.60. The summed E-state index contributed by atoms with van der Waals surface area (Å²) in [6.45, 7) is 10.1. The molecule has 4 aromatic rings. The minimum absolute atomic E-state index is 0. The Kier molecular flexibility index (Phi) is 18.4. The van der Waals surface area contributed by atoms with Crippen LogP contribution >= 0.6 is 0 Å². The van der Waals surface area contributed by atoms with Crippen LogP contribution in [-0.2, 0) is 20.7 Å². The summed E-state index contributed by atoms with van der Waals surface area (Å²) < 4.78 is 0. The average molecular weight is 633 g/mol. The molecule has 0 radical (unpaired) electrons. The van der Waals surface area contributed by atoms with Gasteiger partial charge in [0.05, 0.1) is 5.54 Å². The molecule has 3 N–H and O–H groups in total. The van der Waals surface area contributed by atoms with Gasteiger partial charge in [0.15, 0.2) is 17.5 Å². The number of nitrogens with zero attached hydrogens (tertiary/aromatic N) is 1. The van der Waals surface area contributed by atoms with E-state index in [1.54, 1.807) is 0 Å². The smallest absolute Gasteiger partial charge is 0.430 e. The fourth-order valence-electron chi connectivity index (χ4n) is 4.76. The molecule has 0 aromatic heterocycles. The quantitative estimate of drug-likeness (QED) is 0.171. The maximum Gasteiger partial charge on any atom is 1.00 e. The Hall–Kier alpha value is -4.05. The summed E-state index contributed by atoms with van der Waals surface area (Å²) in [4.78, 5) is 47.7. The Morgan fingerprint density at radius 2 is 0.875 bits per heavy atom. The van der Waals surface area contributed by atoms with Gasteiger partial charge in [-0.2, -0.15) is 6.42 Å². The van der Waals surface area contributed by atoms with Gasteiger partial charge in [-0.3, -0.25) is 19.7 Å². The molecule has 6 amide bonds. The SMILES string of the molecule is CCCC.O=C1NC(=O)C(c2ccccc2)(c2ccccc2)N1.O=C1[N-]C(=O)C(c2ccccc2)(c2ccccc2)N1.[CH2-]CCC.[Li+].[Li+]. The molecule has 2 aliphatic rings. The molecule has 48 heavy (non-hydrogen) atoms. The van der Waals surface area contributed by atoms with Crippen LogP contribution in [0, 0.1) is 6.92 Å². The van der Waals surface area contributed by atoms with Gasteiger partial charge in [-0.25, -0.2) is 4.79 Å². The molecule has 10 heteroatoms. The largest absolute Gasteiger partial charge is 1.00 e. The van der Waals surface area contributed by atoms with Crippen LogP contribution in [0.4, 0.5) is 9.59 Å². The minimum atomic E-state index is -1.19. The molecule has 2 heterocycles. The van der Waals surface area contributed by atoms with Crippen molar-refractivity contribution in [1.82, 2.24) is 16.0 Å².